The molecule has 1 N–H and O–H groups in total. The predicted molar refractivity (Wildman–Crippen MR) is 113 cm³/mol. The van der Waals surface area contributed by atoms with Gasteiger partial charge in [0.2, 0.25) is 10.0 Å². The number of anilines is 1. The highest BCUT2D eigenvalue weighted by Gasteiger charge is 2.18. The van der Waals surface area contributed by atoms with Crippen molar-refractivity contribution in [3.05, 3.63) is 75.9 Å². The van der Waals surface area contributed by atoms with Gasteiger partial charge in [-0.3, -0.25) is 4.79 Å². The molecule has 0 radical (unpaired) electrons. The van der Waals surface area contributed by atoms with Gasteiger partial charge < -0.3 is 5.32 Å². The molecule has 0 aliphatic carbocycles. The van der Waals surface area contributed by atoms with Gasteiger partial charge in [0.25, 0.3) is 5.91 Å². The molecule has 10 heteroatoms. The van der Waals surface area contributed by atoms with Gasteiger partial charge in [-0.25, -0.2) is 17.4 Å². The molecular formula is C19H18Cl2N4O3S. The molecule has 0 unspecified atom stereocenters. The van der Waals surface area contributed by atoms with Gasteiger partial charge in [0.1, 0.15) is 5.82 Å². The number of halogens is 2. The summed E-state index contributed by atoms with van der Waals surface area (Å²) < 4.78 is 27.0. The Morgan fingerprint density at radius 2 is 1.79 bits per heavy atom. The lowest BCUT2D eigenvalue weighted by Crippen LogP contribution is -2.22. The number of hydrogen-bond acceptors (Lipinski definition) is 4. The number of aromatic nitrogens is 2. The van der Waals surface area contributed by atoms with Crippen molar-refractivity contribution in [1.29, 1.82) is 0 Å². The quantitative estimate of drug-likeness (QED) is 0.617. The maximum atomic E-state index is 12.6. The Kier molecular flexibility index (Phi) is 6.28. The lowest BCUT2D eigenvalue weighted by Gasteiger charge is -2.12. The maximum Gasteiger partial charge on any atom is 0.256 e. The molecular weight excluding hydrogens is 435 g/mol. The highest BCUT2D eigenvalue weighted by atomic mass is 35.5. The highest BCUT2D eigenvalue weighted by Crippen LogP contribution is 2.26. The Labute approximate surface area is 178 Å². The SMILES string of the molecule is CN(C)S(=O)(=O)c1ccc(C(=O)Nc2ccnn2Cc2cccc(Cl)c2Cl)cc1. The summed E-state index contributed by atoms with van der Waals surface area (Å²) in [5.41, 5.74) is 1.08. The van der Waals surface area contributed by atoms with Crippen molar-refractivity contribution in [2.45, 2.75) is 11.4 Å². The first-order valence-corrected chi connectivity index (χ1v) is 10.7. The van der Waals surface area contributed by atoms with E-state index in [2.05, 4.69) is 10.4 Å². The average molecular weight is 453 g/mol. The largest absolute Gasteiger partial charge is 0.307 e. The monoisotopic (exact) mass is 452 g/mol. The Hall–Kier alpha value is -2.39. The van der Waals surface area contributed by atoms with Crippen LogP contribution in [0.25, 0.3) is 0 Å². The van der Waals surface area contributed by atoms with Crippen LogP contribution in [0.1, 0.15) is 15.9 Å². The van der Waals surface area contributed by atoms with E-state index in [0.717, 1.165) is 9.87 Å². The van der Waals surface area contributed by atoms with Gasteiger partial charge >= 0.3 is 0 Å². The molecule has 0 aliphatic heterocycles. The summed E-state index contributed by atoms with van der Waals surface area (Å²) in [6.07, 6.45) is 1.56. The van der Waals surface area contributed by atoms with Crippen molar-refractivity contribution in [2.24, 2.45) is 0 Å². The number of carbonyl (C=O) groups excluding carboxylic acids is 1. The van der Waals surface area contributed by atoms with E-state index in [1.807, 2.05) is 6.07 Å². The highest BCUT2D eigenvalue weighted by molar-refractivity contribution is 7.89. The molecule has 0 saturated heterocycles. The van der Waals surface area contributed by atoms with Gasteiger partial charge in [-0.2, -0.15) is 5.10 Å². The molecule has 1 heterocycles. The van der Waals surface area contributed by atoms with Gasteiger partial charge in [-0.05, 0) is 35.9 Å². The minimum Gasteiger partial charge on any atom is -0.307 e. The van der Waals surface area contributed by atoms with Crippen molar-refractivity contribution >= 4 is 45.0 Å². The van der Waals surface area contributed by atoms with Crippen LogP contribution in [-0.4, -0.2) is 42.5 Å². The van der Waals surface area contributed by atoms with Crippen LogP contribution in [0.4, 0.5) is 5.82 Å². The smallest absolute Gasteiger partial charge is 0.256 e. The Morgan fingerprint density at radius 3 is 2.45 bits per heavy atom. The lowest BCUT2D eigenvalue weighted by atomic mass is 10.2. The molecule has 0 spiro atoms. The topological polar surface area (TPSA) is 84.3 Å². The van der Waals surface area contributed by atoms with Crippen molar-refractivity contribution in [3.8, 4) is 0 Å². The number of carbonyl (C=O) groups is 1. The Morgan fingerprint density at radius 1 is 1.10 bits per heavy atom. The zero-order valence-electron chi connectivity index (χ0n) is 15.6. The van der Waals surface area contributed by atoms with Gasteiger partial charge in [-0.1, -0.05) is 35.3 Å². The molecule has 3 aromatic rings. The van der Waals surface area contributed by atoms with E-state index in [1.165, 1.54) is 38.4 Å². The van der Waals surface area contributed by atoms with Crippen LogP contribution in [0.5, 0.6) is 0 Å². The summed E-state index contributed by atoms with van der Waals surface area (Å²) in [6.45, 7) is 0.321. The standard InChI is InChI=1S/C19H18Cl2N4O3S/c1-24(2)29(27,28)15-8-6-13(7-9-15)19(26)23-17-10-11-22-25(17)12-14-4-3-5-16(20)18(14)21/h3-11H,12H2,1-2H3,(H,23,26). The van der Waals surface area contributed by atoms with E-state index in [0.29, 0.717) is 28.0 Å². The Bertz CT molecular complexity index is 1140. The van der Waals surface area contributed by atoms with E-state index in [-0.39, 0.29) is 4.90 Å². The average Bonchev–Trinajstić information content (AvgIpc) is 3.12. The van der Waals surface area contributed by atoms with E-state index in [4.69, 9.17) is 23.2 Å². The summed E-state index contributed by atoms with van der Waals surface area (Å²) in [4.78, 5) is 12.7. The number of hydrogen-bond donors (Lipinski definition) is 1. The number of sulfonamides is 1. The Balaban J connectivity index is 1.77. The van der Waals surface area contributed by atoms with E-state index in [1.54, 1.807) is 29.1 Å². The predicted octanol–water partition coefficient (Wildman–Crippen LogP) is 3.74. The minimum atomic E-state index is -3.55. The summed E-state index contributed by atoms with van der Waals surface area (Å²) >= 11 is 12.3. The fourth-order valence-corrected chi connectivity index (χ4v) is 3.86. The third kappa shape index (κ3) is 4.62. The van der Waals surface area contributed by atoms with Gasteiger partial charge in [-0.15, -0.1) is 0 Å². The van der Waals surface area contributed by atoms with E-state index < -0.39 is 15.9 Å². The van der Waals surface area contributed by atoms with Gasteiger partial charge in [0, 0.05) is 25.7 Å². The third-order valence-electron chi connectivity index (χ3n) is 4.20. The number of benzene rings is 2. The fraction of sp³-hybridized carbons (Fsp3) is 0.158. The summed E-state index contributed by atoms with van der Waals surface area (Å²) in [5.74, 6) is 0.0776. The van der Waals surface area contributed by atoms with E-state index >= 15 is 0 Å². The number of amides is 1. The molecule has 1 aromatic heterocycles. The number of nitrogens with one attached hydrogen (secondary N) is 1. The van der Waals surface area contributed by atoms with Crippen LogP contribution in [0, 0.1) is 0 Å². The fourth-order valence-electron chi connectivity index (χ4n) is 2.57. The first kappa shape index (κ1) is 21.3. The normalized spacial score (nSPS) is 11.6. The second-order valence-electron chi connectivity index (χ2n) is 6.35. The molecule has 0 fully saturated rings. The molecule has 152 valence electrons. The summed E-state index contributed by atoms with van der Waals surface area (Å²) in [6, 6.07) is 12.7. The molecule has 0 atom stereocenters. The zero-order chi connectivity index (χ0) is 21.2. The number of nitrogens with zero attached hydrogens (tertiary/aromatic N) is 3. The molecule has 29 heavy (non-hydrogen) atoms. The van der Waals surface area contributed by atoms with Crippen LogP contribution in [0.15, 0.2) is 59.6 Å². The number of rotatable bonds is 6. The van der Waals surface area contributed by atoms with E-state index in [9.17, 15) is 13.2 Å². The van der Waals surface area contributed by atoms with Crippen molar-refractivity contribution in [3.63, 3.8) is 0 Å². The van der Waals surface area contributed by atoms with Crippen LogP contribution in [0.3, 0.4) is 0 Å². The lowest BCUT2D eigenvalue weighted by molar-refractivity contribution is 0.102. The first-order valence-electron chi connectivity index (χ1n) is 8.49. The maximum absolute atomic E-state index is 12.6. The van der Waals surface area contributed by atoms with Crippen molar-refractivity contribution in [2.75, 3.05) is 19.4 Å². The zero-order valence-corrected chi connectivity index (χ0v) is 18.0. The molecule has 2 aromatic carbocycles. The third-order valence-corrected chi connectivity index (χ3v) is 6.89. The van der Waals surface area contributed by atoms with Gasteiger partial charge in [0.15, 0.2) is 0 Å². The molecule has 0 bridgehead atoms. The molecule has 0 aliphatic rings. The van der Waals surface area contributed by atoms with Crippen molar-refractivity contribution < 1.29 is 13.2 Å². The summed E-state index contributed by atoms with van der Waals surface area (Å²) in [7, 11) is -0.659. The van der Waals surface area contributed by atoms with Crippen LogP contribution in [-0.2, 0) is 16.6 Å². The summed E-state index contributed by atoms with van der Waals surface area (Å²) in [5, 5.41) is 7.85. The van der Waals surface area contributed by atoms with Crippen LogP contribution in [0.2, 0.25) is 10.0 Å². The van der Waals surface area contributed by atoms with Crippen LogP contribution >= 0.6 is 23.2 Å². The van der Waals surface area contributed by atoms with Crippen molar-refractivity contribution in [1.82, 2.24) is 14.1 Å². The molecule has 3 rings (SSSR count). The molecule has 0 saturated carbocycles. The van der Waals surface area contributed by atoms with Crippen LogP contribution < -0.4 is 5.32 Å². The minimum absolute atomic E-state index is 0.111. The molecule has 1 amide bonds. The first-order chi connectivity index (χ1) is 13.7. The van der Waals surface area contributed by atoms with Gasteiger partial charge in [0.05, 0.1) is 27.7 Å². The second-order valence-corrected chi connectivity index (χ2v) is 9.29. The second kappa shape index (κ2) is 8.54. The molecule has 7 nitrogen and oxygen atoms in total.